The Bertz CT molecular complexity index is 605. The van der Waals surface area contributed by atoms with Crippen molar-refractivity contribution in [2.24, 2.45) is 0 Å². The zero-order chi connectivity index (χ0) is 16.1. The molecule has 7 heteroatoms. The van der Waals surface area contributed by atoms with Gasteiger partial charge in [0.15, 0.2) is 0 Å². The fourth-order valence-electron chi connectivity index (χ4n) is 1.95. The van der Waals surface area contributed by atoms with E-state index in [0.717, 1.165) is 5.56 Å². The van der Waals surface area contributed by atoms with E-state index >= 15 is 0 Å². The van der Waals surface area contributed by atoms with Gasteiger partial charge in [-0.15, -0.1) is 0 Å². The predicted octanol–water partition coefficient (Wildman–Crippen LogP) is 3.29. The van der Waals surface area contributed by atoms with Gasteiger partial charge >= 0.3 is 0 Å². The van der Waals surface area contributed by atoms with E-state index in [9.17, 15) is 8.78 Å². The van der Waals surface area contributed by atoms with Gasteiger partial charge in [0.25, 0.3) is 6.43 Å². The Morgan fingerprint density at radius 3 is 2.45 bits per heavy atom. The monoisotopic (exact) mass is 326 g/mol. The minimum atomic E-state index is -2.54. The number of hydrogen-bond donors (Lipinski definition) is 1. The minimum absolute atomic E-state index is 0.245. The van der Waals surface area contributed by atoms with Gasteiger partial charge in [-0.2, -0.15) is 0 Å². The Morgan fingerprint density at radius 2 is 1.91 bits per heavy atom. The van der Waals surface area contributed by atoms with E-state index in [4.69, 9.17) is 11.6 Å². The summed E-state index contributed by atoms with van der Waals surface area (Å²) in [5.41, 5.74) is 1.19. The summed E-state index contributed by atoms with van der Waals surface area (Å²) in [4.78, 5) is 10.1. The first-order chi connectivity index (χ1) is 10.5. The van der Waals surface area contributed by atoms with Gasteiger partial charge in [-0.25, -0.2) is 18.7 Å². The van der Waals surface area contributed by atoms with Crippen molar-refractivity contribution in [3.63, 3.8) is 0 Å². The van der Waals surface area contributed by atoms with Crippen molar-refractivity contribution in [1.82, 2.24) is 15.3 Å². The molecule has 0 aliphatic rings. The summed E-state index contributed by atoms with van der Waals surface area (Å²) in [6.45, 7) is 0.245. The Morgan fingerprint density at radius 1 is 1.23 bits per heavy atom. The average Bonchev–Trinajstić information content (AvgIpc) is 2.47. The zero-order valence-electron chi connectivity index (χ0n) is 12.3. The summed E-state index contributed by atoms with van der Waals surface area (Å²) in [7, 11) is 3.67. The van der Waals surface area contributed by atoms with E-state index in [1.807, 2.05) is 14.1 Å². The van der Waals surface area contributed by atoms with E-state index in [0.29, 0.717) is 16.5 Å². The van der Waals surface area contributed by atoms with Crippen LogP contribution >= 0.6 is 11.6 Å². The quantitative estimate of drug-likeness (QED) is 0.884. The molecule has 1 heterocycles. The number of nitrogens with zero attached hydrogens (tertiary/aromatic N) is 3. The van der Waals surface area contributed by atoms with Gasteiger partial charge in [-0.05, 0) is 17.7 Å². The second-order valence-corrected chi connectivity index (χ2v) is 5.47. The van der Waals surface area contributed by atoms with Crippen LogP contribution in [0.15, 0.2) is 36.7 Å². The smallest absolute Gasteiger partial charge is 0.257 e. The summed E-state index contributed by atoms with van der Waals surface area (Å²) >= 11 is 5.86. The van der Waals surface area contributed by atoms with Gasteiger partial charge in [-0.1, -0.05) is 23.7 Å². The third-order valence-electron chi connectivity index (χ3n) is 3.08. The van der Waals surface area contributed by atoms with Crippen LogP contribution in [0.5, 0.6) is 0 Å². The van der Waals surface area contributed by atoms with Crippen molar-refractivity contribution < 1.29 is 8.78 Å². The molecular formula is C15H17ClF2N4. The molecule has 1 aromatic carbocycles. The molecule has 4 nitrogen and oxygen atoms in total. The maximum atomic E-state index is 13.2. The summed E-state index contributed by atoms with van der Waals surface area (Å²) in [6.07, 6.45) is 0.700. The number of rotatable bonds is 6. The number of halogens is 3. The van der Waals surface area contributed by atoms with Crippen LogP contribution in [0, 0.1) is 0 Å². The number of nitrogens with one attached hydrogen (secondary N) is 1. The molecular weight excluding hydrogens is 310 g/mol. The van der Waals surface area contributed by atoms with Crippen LogP contribution in [0.3, 0.4) is 0 Å². The molecule has 0 fully saturated rings. The molecule has 0 saturated carbocycles. The van der Waals surface area contributed by atoms with Crippen LogP contribution in [-0.4, -0.2) is 30.5 Å². The molecule has 0 unspecified atom stereocenters. The van der Waals surface area contributed by atoms with Crippen molar-refractivity contribution in [2.75, 3.05) is 19.0 Å². The second-order valence-electron chi connectivity index (χ2n) is 5.03. The van der Waals surface area contributed by atoms with E-state index in [-0.39, 0.29) is 6.54 Å². The molecule has 0 saturated heterocycles. The molecule has 0 aliphatic carbocycles. The van der Waals surface area contributed by atoms with E-state index in [2.05, 4.69) is 15.3 Å². The first kappa shape index (κ1) is 16.6. The number of hydrogen-bond acceptors (Lipinski definition) is 4. The molecule has 0 amide bonds. The molecule has 0 aliphatic heterocycles. The van der Waals surface area contributed by atoms with Gasteiger partial charge in [0, 0.05) is 43.6 Å². The molecule has 1 atom stereocenters. The minimum Gasteiger partial charge on any atom is -0.347 e. The lowest BCUT2D eigenvalue weighted by atomic mass is 10.1. The standard InChI is InChI=1S/C15H17ClF2N4/c1-22(2)15-20-8-10(9-21-15)7-19-13(14(17)18)11-4-3-5-12(16)6-11/h3-6,8-9,13-14,19H,7H2,1-2H3/t13-/m1/s1. The SMILES string of the molecule is CN(C)c1ncc(CN[C@H](c2cccc(Cl)c2)C(F)F)cn1. The molecule has 0 spiro atoms. The van der Waals surface area contributed by atoms with E-state index in [1.54, 1.807) is 35.5 Å². The molecule has 0 bridgehead atoms. The van der Waals surface area contributed by atoms with Gasteiger partial charge < -0.3 is 10.2 Å². The highest BCUT2D eigenvalue weighted by atomic mass is 35.5. The van der Waals surface area contributed by atoms with Crippen molar-refractivity contribution in [3.8, 4) is 0 Å². The van der Waals surface area contributed by atoms with E-state index < -0.39 is 12.5 Å². The molecule has 1 aromatic heterocycles. The number of benzene rings is 1. The number of aromatic nitrogens is 2. The highest BCUT2D eigenvalue weighted by molar-refractivity contribution is 6.30. The summed E-state index contributed by atoms with van der Waals surface area (Å²) < 4.78 is 26.5. The van der Waals surface area contributed by atoms with Crippen LogP contribution < -0.4 is 10.2 Å². The van der Waals surface area contributed by atoms with Crippen LogP contribution in [-0.2, 0) is 6.54 Å². The highest BCUT2D eigenvalue weighted by Gasteiger charge is 2.22. The van der Waals surface area contributed by atoms with Crippen molar-refractivity contribution in [1.29, 1.82) is 0 Å². The largest absolute Gasteiger partial charge is 0.347 e. The molecule has 2 aromatic rings. The lowest BCUT2D eigenvalue weighted by Crippen LogP contribution is -2.27. The maximum absolute atomic E-state index is 13.2. The fourth-order valence-corrected chi connectivity index (χ4v) is 2.15. The average molecular weight is 327 g/mol. The first-order valence-electron chi connectivity index (χ1n) is 6.72. The van der Waals surface area contributed by atoms with E-state index in [1.165, 1.54) is 6.07 Å². The molecule has 1 N–H and O–H groups in total. The fraction of sp³-hybridized carbons (Fsp3) is 0.333. The lowest BCUT2D eigenvalue weighted by Gasteiger charge is -2.18. The Balaban J connectivity index is 2.06. The van der Waals surface area contributed by atoms with Crippen LogP contribution in [0.25, 0.3) is 0 Å². The molecule has 118 valence electrons. The lowest BCUT2D eigenvalue weighted by molar-refractivity contribution is 0.0974. The topological polar surface area (TPSA) is 41.1 Å². The molecule has 0 radical (unpaired) electrons. The van der Waals surface area contributed by atoms with Crippen LogP contribution in [0.4, 0.5) is 14.7 Å². The first-order valence-corrected chi connectivity index (χ1v) is 7.10. The van der Waals surface area contributed by atoms with Crippen molar-refractivity contribution in [3.05, 3.63) is 52.8 Å². The number of anilines is 1. The summed E-state index contributed by atoms with van der Waals surface area (Å²) in [6, 6.07) is 5.39. The highest BCUT2D eigenvalue weighted by Crippen LogP contribution is 2.23. The van der Waals surface area contributed by atoms with Gasteiger partial charge in [0.1, 0.15) is 0 Å². The van der Waals surface area contributed by atoms with Gasteiger partial charge in [0.05, 0.1) is 6.04 Å². The summed E-state index contributed by atoms with van der Waals surface area (Å²) in [5.74, 6) is 0.573. The molecule has 2 rings (SSSR count). The maximum Gasteiger partial charge on any atom is 0.257 e. The summed E-state index contributed by atoms with van der Waals surface area (Å²) in [5, 5.41) is 3.26. The number of alkyl halides is 2. The van der Waals surface area contributed by atoms with Crippen molar-refractivity contribution in [2.45, 2.75) is 19.0 Å². The van der Waals surface area contributed by atoms with Gasteiger partial charge in [0.2, 0.25) is 5.95 Å². The third kappa shape index (κ3) is 4.35. The van der Waals surface area contributed by atoms with Crippen LogP contribution in [0.1, 0.15) is 17.2 Å². The zero-order valence-corrected chi connectivity index (χ0v) is 13.1. The Hall–Kier alpha value is -1.79. The van der Waals surface area contributed by atoms with Crippen LogP contribution in [0.2, 0.25) is 5.02 Å². The Labute approximate surface area is 133 Å². The third-order valence-corrected chi connectivity index (χ3v) is 3.31. The Kier molecular flexibility index (Phi) is 5.63. The predicted molar refractivity (Wildman–Crippen MR) is 83.4 cm³/mol. The normalized spacial score (nSPS) is 12.5. The van der Waals surface area contributed by atoms with Crippen molar-refractivity contribution >= 4 is 17.5 Å². The second kappa shape index (κ2) is 7.47. The van der Waals surface area contributed by atoms with Gasteiger partial charge in [-0.3, -0.25) is 0 Å². The molecule has 22 heavy (non-hydrogen) atoms.